The first-order valence-electron chi connectivity index (χ1n) is 5.97. The van der Waals surface area contributed by atoms with E-state index in [0.29, 0.717) is 12.5 Å². The van der Waals surface area contributed by atoms with Gasteiger partial charge in [-0.1, -0.05) is 37.7 Å². The molecule has 2 N–H and O–H groups in total. The van der Waals surface area contributed by atoms with E-state index < -0.39 is 0 Å². The third-order valence-corrected chi connectivity index (χ3v) is 3.80. The highest BCUT2D eigenvalue weighted by Crippen LogP contribution is 2.29. The van der Waals surface area contributed by atoms with Crippen LogP contribution in [0.2, 0.25) is 0 Å². The van der Waals surface area contributed by atoms with E-state index in [1.54, 1.807) is 24.3 Å². The van der Waals surface area contributed by atoms with Crippen molar-refractivity contribution in [3.63, 3.8) is 0 Å². The average Bonchev–Trinajstić information content (AvgIpc) is 2.40. The zero-order valence-corrected chi connectivity index (χ0v) is 11.4. The van der Waals surface area contributed by atoms with Crippen LogP contribution in [0.1, 0.15) is 30.9 Å². The van der Waals surface area contributed by atoms with Crippen molar-refractivity contribution in [3.05, 3.63) is 47.9 Å². The van der Waals surface area contributed by atoms with Gasteiger partial charge in [0.1, 0.15) is 11.4 Å². The van der Waals surface area contributed by atoms with Gasteiger partial charge in [-0.2, -0.15) is 0 Å². The van der Waals surface area contributed by atoms with Crippen LogP contribution in [0.15, 0.2) is 46.7 Å². The van der Waals surface area contributed by atoms with Gasteiger partial charge >= 0.3 is 0 Å². The molecule has 94 valence electrons. The van der Waals surface area contributed by atoms with E-state index in [1.807, 2.05) is 0 Å². The van der Waals surface area contributed by atoms with Gasteiger partial charge in [0, 0.05) is 23.2 Å². The molecular formula is C14H17N3S. The number of hydrogen-bond acceptors (Lipinski definition) is 4. The molecule has 4 heteroatoms. The largest absolute Gasteiger partial charge is 0.326 e. The van der Waals surface area contributed by atoms with Crippen molar-refractivity contribution in [1.29, 1.82) is 0 Å². The molecule has 0 aliphatic heterocycles. The van der Waals surface area contributed by atoms with Gasteiger partial charge in [0.15, 0.2) is 0 Å². The first-order chi connectivity index (χ1) is 8.70. The summed E-state index contributed by atoms with van der Waals surface area (Å²) in [5.41, 5.74) is 8.00. The molecular weight excluding hydrogens is 242 g/mol. The van der Waals surface area contributed by atoms with Crippen molar-refractivity contribution in [2.45, 2.75) is 36.2 Å². The van der Waals surface area contributed by atoms with Crippen molar-refractivity contribution >= 4 is 11.8 Å². The van der Waals surface area contributed by atoms with Crippen LogP contribution in [-0.2, 0) is 6.54 Å². The molecule has 0 saturated carbocycles. The van der Waals surface area contributed by atoms with E-state index in [1.165, 1.54) is 10.5 Å². The van der Waals surface area contributed by atoms with Gasteiger partial charge in [-0.3, -0.25) is 0 Å². The molecule has 3 nitrogen and oxygen atoms in total. The molecule has 0 radical (unpaired) electrons. The van der Waals surface area contributed by atoms with Crippen molar-refractivity contribution in [1.82, 2.24) is 9.97 Å². The summed E-state index contributed by atoms with van der Waals surface area (Å²) in [7, 11) is 0. The molecule has 18 heavy (non-hydrogen) atoms. The van der Waals surface area contributed by atoms with Crippen LogP contribution in [0.5, 0.6) is 0 Å². The monoisotopic (exact) mass is 259 g/mol. The fourth-order valence-electron chi connectivity index (χ4n) is 1.61. The van der Waals surface area contributed by atoms with Crippen LogP contribution in [-0.4, -0.2) is 9.97 Å². The number of hydrogen-bond donors (Lipinski definition) is 1. The highest BCUT2D eigenvalue weighted by molar-refractivity contribution is 7.99. The lowest BCUT2D eigenvalue weighted by atomic mass is 10.0. The Morgan fingerprint density at radius 2 is 1.94 bits per heavy atom. The van der Waals surface area contributed by atoms with Gasteiger partial charge in [-0.25, -0.2) is 9.97 Å². The molecule has 0 spiro atoms. The highest BCUT2D eigenvalue weighted by Gasteiger charge is 2.05. The predicted molar refractivity (Wildman–Crippen MR) is 74.6 cm³/mol. The fourth-order valence-corrected chi connectivity index (χ4v) is 2.47. The molecule has 0 fully saturated rings. The summed E-state index contributed by atoms with van der Waals surface area (Å²) in [5.74, 6) is 0.558. The predicted octanol–water partition coefficient (Wildman–Crippen LogP) is 3.21. The van der Waals surface area contributed by atoms with Gasteiger partial charge < -0.3 is 5.73 Å². The highest BCUT2D eigenvalue weighted by atomic mass is 32.2. The maximum Gasteiger partial charge on any atom is 0.116 e. The van der Waals surface area contributed by atoms with Crippen LogP contribution in [0, 0.1) is 0 Å². The minimum Gasteiger partial charge on any atom is -0.326 e. The van der Waals surface area contributed by atoms with Crippen LogP contribution < -0.4 is 5.73 Å². The molecule has 0 aliphatic rings. The van der Waals surface area contributed by atoms with Crippen LogP contribution >= 0.6 is 11.8 Å². The van der Waals surface area contributed by atoms with Crippen LogP contribution in [0.3, 0.4) is 0 Å². The van der Waals surface area contributed by atoms with Crippen molar-refractivity contribution in [2.75, 3.05) is 0 Å². The lowest BCUT2D eigenvalue weighted by Gasteiger charge is -2.08. The average molecular weight is 259 g/mol. The van der Waals surface area contributed by atoms with Gasteiger partial charge in [0.2, 0.25) is 0 Å². The summed E-state index contributed by atoms with van der Waals surface area (Å²) in [6.07, 6.45) is 3.34. The Morgan fingerprint density at radius 3 is 2.56 bits per heavy atom. The number of rotatable bonds is 4. The Hall–Kier alpha value is -1.39. The number of aromatic nitrogens is 2. The van der Waals surface area contributed by atoms with E-state index >= 15 is 0 Å². The molecule has 0 bridgehead atoms. The second-order valence-electron chi connectivity index (χ2n) is 4.38. The Morgan fingerprint density at radius 1 is 1.22 bits per heavy atom. The molecule has 0 amide bonds. The third-order valence-electron chi connectivity index (χ3n) is 2.73. The van der Waals surface area contributed by atoms with Crippen molar-refractivity contribution in [3.8, 4) is 0 Å². The molecule has 1 heterocycles. The van der Waals surface area contributed by atoms with Gasteiger partial charge in [-0.15, -0.1) is 0 Å². The Labute approximate surface area is 112 Å². The number of benzene rings is 1. The minimum atomic E-state index is 0.466. The molecule has 0 saturated heterocycles. The fraction of sp³-hybridized carbons (Fsp3) is 0.286. The molecule has 0 aliphatic carbocycles. The quantitative estimate of drug-likeness (QED) is 0.857. The first-order valence-corrected chi connectivity index (χ1v) is 6.79. The third kappa shape index (κ3) is 3.09. The van der Waals surface area contributed by atoms with E-state index in [2.05, 4.69) is 48.1 Å². The van der Waals surface area contributed by atoms with E-state index in [-0.39, 0.29) is 0 Å². The summed E-state index contributed by atoms with van der Waals surface area (Å²) in [5, 5.41) is 0.935. The normalized spacial score (nSPS) is 10.9. The summed E-state index contributed by atoms with van der Waals surface area (Å²) in [6, 6.07) is 8.58. The lowest BCUT2D eigenvalue weighted by molar-refractivity contribution is 0.864. The zero-order valence-electron chi connectivity index (χ0n) is 10.6. The Bertz CT molecular complexity index is 509. The van der Waals surface area contributed by atoms with Crippen molar-refractivity contribution in [2.24, 2.45) is 5.73 Å². The van der Waals surface area contributed by atoms with Crippen molar-refractivity contribution < 1.29 is 0 Å². The maximum atomic E-state index is 5.67. The van der Waals surface area contributed by atoms with Gasteiger partial charge in [-0.05, 0) is 23.6 Å². The number of nitrogens with zero attached hydrogens (tertiary/aromatic N) is 2. The van der Waals surface area contributed by atoms with E-state index in [9.17, 15) is 0 Å². The molecule has 0 atom stereocenters. The molecule has 2 aromatic rings. The van der Waals surface area contributed by atoms with Crippen LogP contribution in [0.4, 0.5) is 0 Å². The molecule has 0 unspecified atom stereocenters. The maximum absolute atomic E-state index is 5.67. The second-order valence-corrected chi connectivity index (χ2v) is 5.45. The topological polar surface area (TPSA) is 51.8 Å². The minimum absolute atomic E-state index is 0.466. The second kappa shape index (κ2) is 5.98. The van der Waals surface area contributed by atoms with E-state index in [4.69, 9.17) is 5.73 Å². The zero-order chi connectivity index (χ0) is 13.0. The smallest absolute Gasteiger partial charge is 0.116 e. The standard InChI is InChI=1S/C14H17N3S/c1-10(2)11-3-5-13(6-4-11)18-14-12(7-15)8-16-9-17-14/h3-6,8-10H,7,15H2,1-2H3. The molecule has 1 aromatic carbocycles. The van der Waals surface area contributed by atoms with Gasteiger partial charge in [0.25, 0.3) is 0 Å². The Kier molecular flexibility index (Phi) is 4.33. The first kappa shape index (κ1) is 13.1. The summed E-state index contributed by atoms with van der Waals surface area (Å²) >= 11 is 1.63. The molecule has 1 aromatic heterocycles. The lowest BCUT2D eigenvalue weighted by Crippen LogP contribution is -2.00. The van der Waals surface area contributed by atoms with Crippen LogP contribution in [0.25, 0.3) is 0 Å². The summed E-state index contributed by atoms with van der Waals surface area (Å²) in [4.78, 5) is 9.44. The van der Waals surface area contributed by atoms with E-state index in [0.717, 1.165) is 10.6 Å². The summed E-state index contributed by atoms with van der Waals surface area (Å²) in [6.45, 7) is 4.85. The Balaban J connectivity index is 2.18. The SMILES string of the molecule is CC(C)c1ccc(Sc2ncncc2CN)cc1. The molecule has 2 rings (SSSR count). The number of nitrogens with two attached hydrogens (primary N) is 1. The van der Waals surface area contributed by atoms with Gasteiger partial charge in [0.05, 0.1) is 0 Å². The summed E-state index contributed by atoms with van der Waals surface area (Å²) < 4.78 is 0.